The molecule has 0 saturated heterocycles. The number of benzene rings is 1. The third kappa shape index (κ3) is 5.61. The highest BCUT2D eigenvalue weighted by Crippen LogP contribution is 2.22. The van der Waals surface area contributed by atoms with Crippen molar-refractivity contribution in [2.45, 2.75) is 5.92 Å². The summed E-state index contributed by atoms with van der Waals surface area (Å²) in [6.45, 7) is 0. The van der Waals surface area contributed by atoms with Crippen LogP contribution in [-0.2, 0) is 20.2 Å². The highest BCUT2D eigenvalue weighted by molar-refractivity contribution is 7.86. The zero-order valence-corrected chi connectivity index (χ0v) is 11.5. The van der Waals surface area contributed by atoms with Gasteiger partial charge in [0.15, 0.2) is 0 Å². The fourth-order valence-corrected chi connectivity index (χ4v) is 3.40. The third-order valence-electron chi connectivity index (χ3n) is 2.40. The van der Waals surface area contributed by atoms with Crippen molar-refractivity contribution in [3.05, 3.63) is 39.9 Å². The average Bonchev–Trinajstić information content (AvgIpc) is 2.24. The van der Waals surface area contributed by atoms with Crippen molar-refractivity contribution in [1.29, 1.82) is 0 Å². The minimum Gasteiger partial charge on any atom is -0.286 e. The van der Waals surface area contributed by atoms with E-state index in [0.717, 1.165) is 12.1 Å². The molecule has 0 fully saturated rings. The molecule has 1 aromatic carbocycles. The molecule has 0 saturated carbocycles. The Morgan fingerprint density at radius 2 is 1.40 bits per heavy atom. The molecule has 0 radical (unpaired) electrons. The SMILES string of the molecule is O=[N+]([O-])c1ccc(C(CS(=O)(=O)O)CS(=O)(=O)O)cc1. The smallest absolute Gasteiger partial charge is 0.269 e. The maximum Gasteiger partial charge on any atom is 0.269 e. The van der Waals surface area contributed by atoms with Crippen LogP contribution in [0.2, 0.25) is 0 Å². The van der Waals surface area contributed by atoms with Crippen LogP contribution in [0, 0.1) is 10.1 Å². The van der Waals surface area contributed by atoms with Gasteiger partial charge in [0.05, 0.1) is 16.4 Å². The Kier molecular flexibility index (Phi) is 4.81. The summed E-state index contributed by atoms with van der Waals surface area (Å²) in [5.74, 6) is -3.09. The van der Waals surface area contributed by atoms with Crippen LogP contribution in [-0.4, -0.2) is 42.4 Å². The van der Waals surface area contributed by atoms with Gasteiger partial charge in [-0.1, -0.05) is 12.1 Å². The first-order valence-electron chi connectivity index (χ1n) is 5.12. The number of hydrogen-bond acceptors (Lipinski definition) is 6. The van der Waals surface area contributed by atoms with Crippen LogP contribution < -0.4 is 0 Å². The largest absolute Gasteiger partial charge is 0.286 e. The van der Waals surface area contributed by atoms with Crippen molar-refractivity contribution >= 4 is 25.9 Å². The van der Waals surface area contributed by atoms with Crippen molar-refractivity contribution in [2.24, 2.45) is 0 Å². The minimum absolute atomic E-state index is 0.130. The molecule has 0 amide bonds. The van der Waals surface area contributed by atoms with Gasteiger partial charge in [-0.15, -0.1) is 0 Å². The summed E-state index contributed by atoms with van der Waals surface area (Å²) in [5.41, 5.74) is -0.128. The Hall–Kier alpha value is -1.56. The molecule has 0 heterocycles. The van der Waals surface area contributed by atoms with Crippen LogP contribution in [0.15, 0.2) is 24.3 Å². The molecule has 11 heteroatoms. The van der Waals surface area contributed by atoms with Crippen molar-refractivity contribution in [1.82, 2.24) is 0 Å². The molecule has 1 rings (SSSR count). The fourth-order valence-electron chi connectivity index (χ4n) is 1.62. The van der Waals surface area contributed by atoms with Gasteiger partial charge in [-0.2, -0.15) is 16.8 Å². The minimum atomic E-state index is -4.48. The van der Waals surface area contributed by atoms with Gasteiger partial charge < -0.3 is 0 Å². The van der Waals surface area contributed by atoms with E-state index in [-0.39, 0.29) is 11.3 Å². The second-order valence-corrected chi connectivity index (χ2v) is 7.04. The lowest BCUT2D eigenvalue weighted by atomic mass is 10.0. The molecular weight excluding hydrogens is 314 g/mol. The van der Waals surface area contributed by atoms with Crippen LogP contribution in [0.3, 0.4) is 0 Å². The van der Waals surface area contributed by atoms with Crippen molar-refractivity contribution in [3.8, 4) is 0 Å². The third-order valence-corrected chi connectivity index (χ3v) is 4.05. The Morgan fingerprint density at radius 3 is 1.70 bits per heavy atom. The predicted octanol–water partition coefficient (Wildman–Crippen LogP) is 0.454. The van der Waals surface area contributed by atoms with E-state index in [1.54, 1.807) is 0 Å². The number of hydrogen-bond donors (Lipinski definition) is 2. The number of nitro groups is 1. The summed E-state index contributed by atoms with van der Waals surface area (Å²) >= 11 is 0. The number of nitro benzene ring substituents is 1. The van der Waals surface area contributed by atoms with Gasteiger partial charge in [-0.05, 0) is 5.56 Å². The molecule has 0 aliphatic carbocycles. The first kappa shape index (κ1) is 16.5. The summed E-state index contributed by atoms with van der Waals surface area (Å²) < 4.78 is 60.9. The summed E-state index contributed by atoms with van der Waals surface area (Å²) in [4.78, 5) is 9.80. The molecule has 0 aliphatic rings. The van der Waals surface area contributed by atoms with E-state index >= 15 is 0 Å². The lowest BCUT2D eigenvalue weighted by Gasteiger charge is -2.13. The molecule has 20 heavy (non-hydrogen) atoms. The van der Waals surface area contributed by atoms with Gasteiger partial charge in [0.2, 0.25) is 0 Å². The Morgan fingerprint density at radius 1 is 1.00 bits per heavy atom. The molecule has 0 atom stereocenters. The highest BCUT2D eigenvalue weighted by atomic mass is 32.2. The van der Waals surface area contributed by atoms with Crippen LogP contribution in [0.5, 0.6) is 0 Å². The van der Waals surface area contributed by atoms with Crippen LogP contribution in [0.25, 0.3) is 0 Å². The Labute approximate surface area is 114 Å². The van der Waals surface area contributed by atoms with E-state index in [1.165, 1.54) is 12.1 Å². The van der Waals surface area contributed by atoms with Gasteiger partial charge >= 0.3 is 0 Å². The van der Waals surface area contributed by atoms with Crippen LogP contribution in [0.4, 0.5) is 5.69 Å². The van der Waals surface area contributed by atoms with E-state index in [4.69, 9.17) is 9.11 Å². The summed E-state index contributed by atoms with van der Waals surface area (Å²) in [7, 11) is -8.96. The maximum atomic E-state index is 10.8. The number of non-ortho nitro benzene ring substituents is 1. The lowest BCUT2D eigenvalue weighted by molar-refractivity contribution is -0.384. The zero-order chi connectivity index (χ0) is 15.6. The normalized spacial score (nSPS) is 12.6. The molecular formula is C9H11NO8S2. The van der Waals surface area contributed by atoms with Gasteiger partial charge in [0.1, 0.15) is 0 Å². The lowest BCUT2D eigenvalue weighted by Crippen LogP contribution is -2.21. The number of rotatable bonds is 6. The second-order valence-electron chi connectivity index (χ2n) is 4.04. The molecule has 0 spiro atoms. The van der Waals surface area contributed by atoms with Crippen LogP contribution >= 0.6 is 0 Å². The van der Waals surface area contributed by atoms with Gasteiger partial charge in [-0.3, -0.25) is 19.2 Å². The number of nitrogens with zero attached hydrogens (tertiary/aromatic N) is 1. The van der Waals surface area contributed by atoms with Crippen LogP contribution in [0.1, 0.15) is 11.5 Å². The second kappa shape index (κ2) is 5.83. The Balaban J connectivity index is 3.13. The summed E-state index contributed by atoms with van der Waals surface area (Å²) in [5, 5.41) is 10.5. The van der Waals surface area contributed by atoms with E-state index < -0.39 is 42.6 Å². The van der Waals surface area contributed by atoms with Crippen molar-refractivity contribution in [2.75, 3.05) is 11.5 Å². The summed E-state index contributed by atoms with van der Waals surface area (Å²) in [6.07, 6.45) is 0. The average molecular weight is 325 g/mol. The van der Waals surface area contributed by atoms with Gasteiger partial charge in [0.25, 0.3) is 25.9 Å². The highest BCUT2D eigenvalue weighted by Gasteiger charge is 2.24. The van der Waals surface area contributed by atoms with Crippen molar-refractivity contribution < 1.29 is 30.9 Å². The van der Waals surface area contributed by atoms with Gasteiger partial charge in [-0.25, -0.2) is 0 Å². The molecule has 2 N–H and O–H groups in total. The molecule has 0 aromatic heterocycles. The molecule has 1 aromatic rings. The summed E-state index contributed by atoms with van der Waals surface area (Å²) in [6, 6.07) is 4.46. The maximum absolute atomic E-state index is 10.8. The topological polar surface area (TPSA) is 152 Å². The van der Waals surface area contributed by atoms with E-state index in [0.29, 0.717) is 0 Å². The molecule has 112 valence electrons. The fraction of sp³-hybridized carbons (Fsp3) is 0.333. The molecule has 0 aliphatic heterocycles. The van der Waals surface area contributed by atoms with E-state index in [2.05, 4.69) is 0 Å². The first-order chi connectivity index (χ1) is 8.98. The molecule has 0 bridgehead atoms. The quantitative estimate of drug-likeness (QED) is 0.434. The molecule has 9 nitrogen and oxygen atoms in total. The standard InChI is InChI=1S/C9H11NO8S2/c11-10(12)9-3-1-7(2-4-9)8(5-19(13,14)15)6-20(16,17)18/h1-4,8H,5-6H2,(H,13,14,15)(H,16,17,18). The molecule has 0 unspecified atom stereocenters. The zero-order valence-electron chi connectivity index (χ0n) is 9.91. The van der Waals surface area contributed by atoms with E-state index in [9.17, 15) is 26.9 Å². The Bertz CT molecular complexity index is 658. The first-order valence-corrected chi connectivity index (χ1v) is 8.34. The predicted molar refractivity (Wildman–Crippen MR) is 68.7 cm³/mol. The monoisotopic (exact) mass is 325 g/mol. The van der Waals surface area contributed by atoms with E-state index in [1.807, 2.05) is 0 Å². The van der Waals surface area contributed by atoms with Gasteiger partial charge in [0, 0.05) is 18.1 Å². The van der Waals surface area contributed by atoms with Crippen molar-refractivity contribution in [3.63, 3.8) is 0 Å².